The van der Waals surface area contributed by atoms with Crippen molar-refractivity contribution in [2.75, 3.05) is 13.2 Å². The summed E-state index contributed by atoms with van der Waals surface area (Å²) >= 11 is 0. The number of rotatable bonds is 5. The van der Waals surface area contributed by atoms with Gasteiger partial charge in [-0.25, -0.2) is 9.59 Å². The minimum Gasteiger partial charge on any atom is -0.464 e. The summed E-state index contributed by atoms with van der Waals surface area (Å²) in [5.74, 6) is -1.47. The lowest BCUT2D eigenvalue weighted by Crippen LogP contribution is -2.39. The quantitative estimate of drug-likeness (QED) is 0.825. The second-order valence-corrected chi connectivity index (χ2v) is 4.46. The van der Waals surface area contributed by atoms with E-state index in [1.165, 1.54) is 0 Å². The molecule has 0 fully saturated rings. The highest BCUT2D eigenvalue weighted by molar-refractivity contribution is 6.39. The fraction of sp³-hybridized carbons (Fsp3) is 0.400. The van der Waals surface area contributed by atoms with Gasteiger partial charge in [-0.2, -0.15) is 5.10 Å². The van der Waals surface area contributed by atoms with E-state index < -0.39 is 23.9 Å². The second-order valence-electron chi connectivity index (χ2n) is 4.46. The molecule has 0 aliphatic carbocycles. The Hall–Kier alpha value is -2.37. The van der Waals surface area contributed by atoms with Crippen LogP contribution < -0.4 is 5.43 Å². The van der Waals surface area contributed by atoms with E-state index in [1.807, 2.05) is 30.3 Å². The van der Waals surface area contributed by atoms with Gasteiger partial charge >= 0.3 is 11.9 Å². The summed E-state index contributed by atoms with van der Waals surface area (Å²) in [5, 5.41) is 3.99. The van der Waals surface area contributed by atoms with Crippen molar-refractivity contribution >= 4 is 17.7 Å². The molecule has 2 atom stereocenters. The Morgan fingerprint density at radius 3 is 2.43 bits per heavy atom. The largest absolute Gasteiger partial charge is 0.464 e. The van der Waals surface area contributed by atoms with Gasteiger partial charge in [-0.3, -0.25) is 5.43 Å². The van der Waals surface area contributed by atoms with Crippen molar-refractivity contribution in [3.63, 3.8) is 0 Å². The molecule has 2 rings (SSSR count). The number of esters is 2. The van der Waals surface area contributed by atoms with Gasteiger partial charge in [-0.05, 0) is 19.4 Å². The number of ether oxygens (including phenoxy) is 2. The number of hydrogen-bond donors (Lipinski definition) is 1. The molecule has 0 aromatic heterocycles. The lowest BCUT2D eigenvalue weighted by atomic mass is 9.88. The van der Waals surface area contributed by atoms with Gasteiger partial charge in [0, 0.05) is 0 Å². The van der Waals surface area contributed by atoms with E-state index in [0.717, 1.165) is 5.56 Å². The molecule has 1 N–H and O–H groups in total. The van der Waals surface area contributed by atoms with Crippen LogP contribution in [0.4, 0.5) is 0 Å². The van der Waals surface area contributed by atoms with Crippen LogP contribution in [0.2, 0.25) is 0 Å². The van der Waals surface area contributed by atoms with Crippen LogP contribution in [0.15, 0.2) is 35.4 Å². The SMILES string of the molecule is CCOC(=O)C1=NN[C@H](C(=O)OCC)[C@@H]1c1ccccc1. The summed E-state index contributed by atoms with van der Waals surface area (Å²) in [6.07, 6.45) is 0. The molecule has 0 spiro atoms. The van der Waals surface area contributed by atoms with Crippen molar-refractivity contribution in [1.29, 1.82) is 0 Å². The van der Waals surface area contributed by atoms with E-state index in [4.69, 9.17) is 9.47 Å². The van der Waals surface area contributed by atoms with Crippen molar-refractivity contribution in [3.05, 3.63) is 35.9 Å². The normalized spacial score (nSPS) is 20.4. The molecule has 0 bridgehead atoms. The van der Waals surface area contributed by atoms with Crippen LogP contribution in [0.25, 0.3) is 0 Å². The minimum absolute atomic E-state index is 0.195. The topological polar surface area (TPSA) is 77.0 Å². The van der Waals surface area contributed by atoms with Crippen LogP contribution in [0, 0.1) is 0 Å². The van der Waals surface area contributed by atoms with Crippen LogP contribution in [0.3, 0.4) is 0 Å². The zero-order valence-corrected chi connectivity index (χ0v) is 12.0. The Labute approximate surface area is 123 Å². The highest BCUT2D eigenvalue weighted by atomic mass is 16.5. The van der Waals surface area contributed by atoms with E-state index in [9.17, 15) is 9.59 Å². The number of hydrazone groups is 1. The monoisotopic (exact) mass is 290 g/mol. The first-order valence-electron chi connectivity index (χ1n) is 6.90. The second kappa shape index (κ2) is 6.88. The summed E-state index contributed by atoms with van der Waals surface area (Å²) < 4.78 is 10.0. The number of nitrogens with zero attached hydrogens (tertiary/aromatic N) is 1. The van der Waals surface area contributed by atoms with Gasteiger partial charge in [0.1, 0.15) is 0 Å². The molecule has 1 aromatic rings. The Kier molecular flexibility index (Phi) is 4.92. The highest BCUT2D eigenvalue weighted by Gasteiger charge is 2.42. The van der Waals surface area contributed by atoms with Crippen LogP contribution in [0.5, 0.6) is 0 Å². The maximum atomic E-state index is 12.0. The maximum Gasteiger partial charge on any atom is 0.355 e. The minimum atomic E-state index is -0.716. The van der Waals surface area contributed by atoms with Crippen molar-refractivity contribution in [2.24, 2.45) is 5.10 Å². The molecule has 21 heavy (non-hydrogen) atoms. The molecule has 0 radical (unpaired) electrons. The third-order valence-electron chi connectivity index (χ3n) is 3.14. The lowest BCUT2D eigenvalue weighted by molar-refractivity contribution is -0.145. The van der Waals surface area contributed by atoms with Gasteiger partial charge in [0.05, 0.1) is 19.1 Å². The van der Waals surface area contributed by atoms with Gasteiger partial charge in [0.2, 0.25) is 0 Å². The Morgan fingerprint density at radius 2 is 1.81 bits per heavy atom. The van der Waals surface area contributed by atoms with Gasteiger partial charge in [0.15, 0.2) is 11.8 Å². The maximum absolute atomic E-state index is 12.0. The van der Waals surface area contributed by atoms with Crippen LogP contribution in [-0.2, 0) is 19.1 Å². The van der Waals surface area contributed by atoms with Gasteiger partial charge in [-0.1, -0.05) is 30.3 Å². The van der Waals surface area contributed by atoms with E-state index in [0.29, 0.717) is 0 Å². The number of carbonyl (C=O) groups is 2. The van der Waals surface area contributed by atoms with Crippen molar-refractivity contribution in [3.8, 4) is 0 Å². The van der Waals surface area contributed by atoms with Gasteiger partial charge < -0.3 is 9.47 Å². The molecule has 0 amide bonds. The average molecular weight is 290 g/mol. The molecule has 0 saturated heterocycles. The molecule has 112 valence electrons. The van der Waals surface area contributed by atoms with Crippen LogP contribution >= 0.6 is 0 Å². The first-order chi connectivity index (χ1) is 10.2. The van der Waals surface area contributed by atoms with Crippen molar-refractivity contribution in [1.82, 2.24) is 5.43 Å². The number of nitrogens with one attached hydrogen (secondary N) is 1. The summed E-state index contributed by atoms with van der Waals surface area (Å²) in [4.78, 5) is 24.1. The third-order valence-corrected chi connectivity index (χ3v) is 3.14. The molecular formula is C15H18N2O4. The number of benzene rings is 1. The third kappa shape index (κ3) is 3.21. The predicted molar refractivity (Wildman–Crippen MR) is 76.8 cm³/mol. The van der Waals surface area contributed by atoms with Crippen LogP contribution in [0.1, 0.15) is 25.3 Å². The summed E-state index contributed by atoms with van der Waals surface area (Å²) in [7, 11) is 0. The highest BCUT2D eigenvalue weighted by Crippen LogP contribution is 2.27. The first kappa shape index (κ1) is 15.0. The Morgan fingerprint density at radius 1 is 1.14 bits per heavy atom. The van der Waals surface area contributed by atoms with Gasteiger partial charge in [0.25, 0.3) is 0 Å². The molecular weight excluding hydrogens is 272 g/mol. The smallest absolute Gasteiger partial charge is 0.355 e. The lowest BCUT2D eigenvalue weighted by Gasteiger charge is -2.19. The van der Waals surface area contributed by atoms with E-state index in [1.54, 1.807) is 13.8 Å². The molecule has 6 heteroatoms. The number of carbonyl (C=O) groups excluding carboxylic acids is 2. The van der Waals surface area contributed by atoms with Crippen molar-refractivity contribution < 1.29 is 19.1 Å². The molecule has 1 aromatic carbocycles. The molecule has 1 aliphatic rings. The molecule has 0 saturated carbocycles. The van der Waals surface area contributed by atoms with E-state index in [-0.39, 0.29) is 18.9 Å². The summed E-state index contributed by atoms with van der Waals surface area (Å²) in [6, 6.07) is 8.54. The van der Waals surface area contributed by atoms with Crippen LogP contribution in [-0.4, -0.2) is 36.9 Å². The molecule has 1 aliphatic heterocycles. The number of hydrogen-bond acceptors (Lipinski definition) is 6. The average Bonchev–Trinajstić information content (AvgIpc) is 2.93. The molecule has 0 unspecified atom stereocenters. The van der Waals surface area contributed by atoms with E-state index in [2.05, 4.69) is 10.5 Å². The fourth-order valence-electron chi connectivity index (χ4n) is 2.25. The summed E-state index contributed by atoms with van der Waals surface area (Å²) in [6.45, 7) is 3.98. The zero-order valence-electron chi connectivity index (χ0n) is 12.0. The Balaban J connectivity index is 2.30. The van der Waals surface area contributed by atoms with E-state index >= 15 is 0 Å². The first-order valence-corrected chi connectivity index (χ1v) is 6.90. The zero-order chi connectivity index (χ0) is 15.2. The van der Waals surface area contributed by atoms with Gasteiger partial charge in [-0.15, -0.1) is 0 Å². The molecule has 1 heterocycles. The standard InChI is InChI=1S/C15H18N2O4/c1-3-20-14(18)12-11(10-8-6-5-7-9-10)13(17-16-12)15(19)21-4-2/h5-9,11-12,16H,3-4H2,1-2H3/t11-,12-/m0/s1. The summed E-state index contributed by atoms with van der Waals surface area (Å²) in [5.41, 5.74) is 3.70. The van der Waals surface area contributed by atoms with Crippen molar-refractivity contribution in [2.45, 2.75) is 25.8 Å². The predicted octanol–water partition coefficient (Wildman–Crippen LogP) is 1.22. The molecule has 6 nitrogen and oxygen atoms in total. The Bertz CT molecular complexity index is 542. The fourth-order valence-corrected chi connectivity index (χ4v) is 2.25.